The summed E-state index contributed by atoms with van der Waals surface area (Å²) >= 11 is 0. The molecule has 0 spiro atoms. The van der Waals surface area contributed by atoms with Crippen LogP contribution in [0.4, 0.5) is 0 Å². The molecule has 0 aliphatic heterocycles. The van der Waals surface area contributed by atoms with Crippen molar-refractivity contribution in [2.75, 3.05) is 0 Å². The minimum absolute atomic E-state index is 0.216. The molecule has 102 valence electrons. The predicted molar refractivity (Wildman–Crippen MR) is 77.9 cm³/mol. The molecule has 0 aromatic carbocycles. The van der Waals surface area contributed by atoms with Crippen molar-refractivity contribution in [1.29, 1.82) is 0 Å². The number of hydrogen-bond acceptors (Lipinski definition) is 2. The van der Waals surface area contributed by atoms with Gasteiger partial charge in [-0.25, -0.2) is 9.97 Å². The van der Waals surface area contributed by atoms with E-state index in [1.165, 1.54) is 30.5 Å². The Morgan fingerprint density at radius 2 is 1.89 bits per heavy atom. The summed E-state index contributed by atoms with van der Waals surface area (Å²) in [5.74, 6) is 0.904. The molecule has 0 fully saturated rings. The number of aromatic nitrogens is 2. The number of nitrogens with zero attached hydrogens (tertiary/aromatic N) is 2. The summed E-state index contributed by atoms with van der Waals surface area (Å²) in [4.78, 5) is 9.15. The Morgan fingerprint density at radius 3 is 2.44 bits per heavy atom. The van der Waals surface area contributed by atoms with E-state index >= 15 is 0 Å². The fraction of sp³-hybridized carbons (Fsp3) is 0.750. The molecule has 1 aromatic rings. The van der Waals surface area contributed by atoms with Gasteiger partial charge in [-0.15, -0.1) is 0 Å². The maximum Gasteiger partial charge on any atom is 0.125 e. The van der Waals surface area contributed by atoms with Gasteiger partial charge in [0.05, 0.1) is 5.69 Å². The van der Waals surface area contributed by atoms with Gasteiger partial charge in [0.15, 0.2) is 0 Å². The monoisotopic (exact) mass is 248 g/mol. The lowest BCUT2D eigenvalue weighted by Gasteiger charge is -2.30. The second-order valence-corrected chi connectivity index (χ2v) is 5.56. The predicted octanol–water partition coefficient (Wildman–Crippen LogP) is 4.60. The Hall–Kier alpha value is -0.920. The van der Waals surface area contributed by atoms with Crippen LogP contribution in [0.25, 0.3) is 0 Å². The highest BCUT2D eigenvalue weighted by Gasteiger charge is 2.28. The van der Waals surface area contributed by atoms with Gasteiger partial charge in [-0.2, -0.15) is 0 Å². The summed E-state index contributed by atoms with van der Waals surface area (Å²) in [5, 5.41) is 0. The molecule has 1 heterocycles. The third kappa shape index (κ3) is 3.54. The largest absolute Gasteiger partial charge is 0.241 e. The molecule has 0 radical (unpaired) electrons. The van der Waals surface area contributed by atoms with Crippen LogP contribution in [0.3, 0.4) is 0 Å². The van der Waals surface area contributed by atoms with Crippen LogP contribution in [0.1, 0.15) is 76.9 Å². The number of rotatable bonds is 7. The van der Waals surface area contributed by atoms with Crippen molar-refractivity contribution in [1.82, 2.24) is 9.97 Å². The van der Waals surface area contributed by atoms with Crippen LogP contribution in [-0.4, -0.2) is 9.97 Å². The minimum atomic E-state index is 0.216. The molecule has 1 unspecified atom stereocenters. The highest BCUT2D eigenvalue weighted by atomic mass is 14.9. The van der Waals surface area contributed by atoms with E-state index in [0.29, 0.717) is 0 Å². The van der Waals surface area contributed by atoms with Crippen molar-refractivity contribution in [2.24, 2.45) is 0 Å². The maximum atomic E-state index is 4.78. The Balaban J connectivity index is 3.12. The highest BCUT2D eigenvalue weighted by Crippen LogP contribution is 2.34. The molecule has 1 aromatic heterocycles. The molecule has 0 bridgehead atoms. The smallest absolute Gasteiger partial charge is 0.125 e. The summed E-state index contributed by atoms with van der Waals surface area (Å²) in [5.41, 5.74) is 2.87. The summed E-state index contributed by atoms with van der Waals surface area (Å²) in [6.07, 6.45) is 9.21. The van der Waals surface area contributed by atoms with E-state index in [-0.39, 0.29) is 5.41 Å². The first-order valence-electron chi connectivity index (χ1n) is 7.40. The molecule has 0 N–H and O–H groups in total. The Kier molecular flexibility index (Phi) is 5.77. The Labute approximate surface area is 112 Å². The van der Waals surface area contributed by atoms with Crippen LogP contribution in [-0.2, 0) is 11.8 Å². The molecular formula is C16H28N2. The van der Waals surface area contributed by atoms with Crippen molar-refractivity contribution in [2.45, 2.75) is 78.6 Å². The lowest BCUT2D eigenvalue weighted by atomic mass is 9.77. The van der Waals surface area contributed by atoms with Crippen LogP contribution < -0.4 is 0 Å². The third-order valence-corrected chi connectivity index (χ3v) is 3.94. The first kappa shape index (κ1) is 15.1. The van der Waals surface area contributed by atoms with E-state index in [0.717, 1.165) is 25.1 Å². The normalized spacial score (nSPS) is 14.5. The quantitative estimate of drug-likeness (QED) is 0.705. The lowest BCUT2D eigenvalue weighted by Crippen LogP contribution is -2.25. The Morgan fingerprint density at radius 1 is 1.17 bits per heavy atom. The van der Waals surface area contributed by atoms with Gasteiger partial charge in [-0.3, -0.25) is 0 Å². The van der Waals surface area contributed by atoms with E-state index in [1.807, 2.05) is 13.1 Å². The molecule has 1 atom stereocenters. The molecule has 1 rings (SSSR count). The second-order valence-electron chi connectivity index (χ2n) is 5.56. The van der Waals surface area contributed by atoms with Crippen LogP contribution in [0.15, 0.2) is 6.20 Å². The molecular weight excluding hydrogens is 220 g/mol. The zero-order valence-corrected chi connectivity index (χ0v) is 12.7. The highest BCUT2D eigenvalue weighted by molar-refractivity contribution is 5.26. The van der Waals surface area contributed by atoms with Crippen LogP contribution >= 0.6 is 0 Å². The van der Waals surface area contributed by atoms with Gasteiger partial charge in [0.25, 0.3) is 0 Å². The van der Waals surface area contributed by atoms with Crippen molar-refractivity contribution < 1.29 is 0 Å². The molecule has 2 heteroatoms. The van der Waals surface area contributed by atoms with E-state index in [4.69, 9.17) is 4.98 Å². The summed E-state index contributed by atoms with van der Waals surface area (Å²) in [6.45, 7) is 11.1. The number of unbranched alkanes of at least 4 members (excludes halogenated alkanes) is 1. The molecule has 0 saturated heterocycles. The lowest BCUT2D eigenvalue weighted by molar-refractivity contribution is 0.387. The van der Waals surface area contributed by atoms with Crippen molar-refractivity contribution >= 4 is 0 Å². The van der Waals surface area contributed by atoms with Crippen LogP contribution in [0.2, 0.25) is 0 Å². The zero-order chi connectivity index (χ0) is 13.6. The first-order chi connectivity index (χ1) is 8.57. The van der Waals surface area contributed by atoms with Gasteiger partial charge in [-0.1, -0.05) is 47.0 Å². The number of aryl methyl sites for hydroxylation is 2. The van der Waals surface area contributed by atoms with Gasteiger partial charge < -0.3 is 0 Å². The van der Waals surface area contributed by atoms with Crippen molar-refractivity contribution in [3.8, 4) is 0 Å². The van der Waals surface area contributed by atoms with Gasteiger partial charge >= 0.3 is 0 Å². The van der Waals surface area contributed by atoms with Crippen LogP contribution in [0, 0.1) is 6.92 Å². The molecule has 0 aliphatic rings. The summed E-state index contributed by atoms with van der Waals surface area (Å²) in [7, 11) is 0. The van der Waals surface area contributed by atoms with E-state index in [9.17, 15) is 0 Å². The summed E-state index contributed by atoms with van der Waals surface area (Å²) in [6, 6.07) is 0. The average Bonchev–Trinajstić information content (AvgIpc) is 2.38. The molecule has 0 saturated carbocycles. The van der Waals surface area contributed by atoms with Gasteiger partial charge in [0.1, 0.15) is 5.82 Å². The Bertz CT molecular complexity index is 373. The van der Waals surface area contributed by atoms with E-state index < -0.39 is 0 Å². The molecule has 0 amide bonds. The van der Waals surface area contributed by atoms with E-state index in [1.54, 1.807) is 0 Å². The standard InChI is InChI=1S/C16H28N2/c1-6-9-11-16(5,8-3)15-14(10-7-2)12-17-13(4)18-15/h12H,6-11H2,1-5H3. The maximum absolute atomic E-state index is 4.78. The molecule has 18 heavy (non-hydrogen) atoms. The van der Waals surface area contributed by atoms with E-state index in [2.05, 4.69) is 32.7 Å². The minimum Gasteiger partial charge on any atom is -0.241 e. The van der Waals surface area contributed by atoms with Crippen molar-refractivity contribution in [3.63, 3.8) is 0 Å². The number of hydrogen-bond donors (Lipinski definition) is 0. The fourth-order valence-corrected chi connectivity index (χ4v) is 2.50. The van der Waals surface area contributed by atoms with Gasteiger partial charge in [-0.05, 0) is 31.7 Å². The zero-order valence-electron chi connectivity index (χ0n) is 12.7. The van der Waals surface area contributed by atoms with Gasteiger partial charge in [0.2, 0.25) is 0 Å². The second kappa shape index (κ2) is 6.86. The van der Waals surface area contributed by atoms with Gasteiger partial charge in [0, 0.05) is 11.6 Å². The molecule has 0 aliphatic carbocycles. The average molecular weight is 248 g/mol. The van der Waals surface area contributed by atoms with Crippen molar-refractivity contribution in [3.05, 3.63) is 23.3 Å². The first-order valence-corrected chi connectivity index (χ1v) is 7.40. The molecule has 2 nitrogen and oxygen atoms in total. The topological polar surface area (TPSA) is 25.8 Å². The fourth-order valence-electron chi connectivity index (χ4n) is 2.50. The SMILES string of the molecule is CCCCC(C)(CC)c1nc(C)ncc1CCC. The summed E-state index contributed by atoms with van der Waals surface area (Å²) < 4.78 is 0. The third-order valence-electron chi connectivity index (χ3n) is 3.94. The van der Waals surface area contributed by atoms with Crippen LogP contribution in [0.5, 0.6) is 0 Å².